The molecule has 1 atom stereocenters. The van der Waals surface area contributed by atoms with E-state index in [1.54, 1.807) is 6.92 Å². The van der Waals surface area contributed by atoms with E-state index < -0.39 is 0 Å². The Balaban J connectivity index is 1.66. The summed E-state index contributed by atoms with van der Waals surface area (Å²) in [6.07, 6.45) is 1.30. The minimum atomic E-state index is -0.329. The van der Waals surface area contributed by atoms with Gasteiger partial charge >= 0.3 is 0 Å². The summed E-state index contributed by atoms with van der Waals surface area (Å²) >= 11 is 0. The van der Waals surface area contributed by atoms with Crippen LogP contribution in [0, 0.1) is 6.92 Å². The summed E-state index contributed by atoms with van der Waals surface area (Å²) < 4.78 is 6.20. The molecular formula is C17H18N4O3. The lowest BCUT2D eigenvalue weighted by molar-refractivity contribution is -0.121. The molecule has 3 rings (SSSR count). The van der Waals surface area contributed by atoms with Crippen LogP contribution in [-0.4, -0.2) is 27.2 Å². The van der Waals surface area contributed by atoms with E-state index in [0.29, 0.717) is 17.6 Å². The van der Waals surface area contributed by atoms with Crippen molar-refractivity contribution in [2.75, 3.05) is 6.54 Å². The molecule has 1 unspecified atom stereocenters. The number of nitrogens with zero attached hydrogens (tertiary/aromatic N) is 3. The molecule has 0 spiro atoms. The Morgan fingerprint density at radius 2 is 2.08 bits per heavy atom. The molecule has 7 nitrogen and oxygen atoms in total. The molecule has 1 aromatic carbocycles. The minimum Gasteiger partial charge on any atom is -0.354 e. The lowest BCUT2D eigenvalue weighted by Crippen LogP contribution is -2.34. The van der Waals surface area contributed by atoms with Crippen LogP contribution < -0.4 is 10.9 Å². The topological polar surface area (TPSA) is 90.0 Å². The fraction of sp³-hybridized carbons (Fsp3) is 0.294. The lowest BCUT2D eigenvalue weighted by atomic mass is 10.0. The zero-order valence-corrected chi connectivity index (χ0v) is 13.5. The SMILES string of the molecule is Cc1noc2ncn(CC(=O)NCC(C)c3ccccc3)c(=O)c12. The van der Waals surface area contributed by atoms with Gasteiger partial charge in [0.2, 0.25) is 5.91 Å². The number of hydrogen-bond acceptors (Lipinski definition) is 5. The third-order valence-corrected chi connectivity index (χ3v) is 3.92. The molecule has 0 fully saturated rings. The summed E-state index contributed by atoms with van der Waals surface area (Å²) in [6, 6.07) is 9.93. The van der Waals surface area contributed by atoms with Gasteiger partial charge in [-0.05, 0) is 18.4 Å². The predicted octanol–water partition coefficient (Wildman–Crippen LogP) is 1.61. The standard InChI is InChI=1S/C17H18N4O3/c1-11(13-6-4-3-5-7-13)8-18-14(22)9-21-10-19-16-15(17(21)23)12(2)20-24-16/h3-7,10-11H,8-9H2,1-2H3,(H,18,22). The third-order valence-electron chi connectivity index (χ3n) is 3.92. The van der Waals surface area contributed by atoms with E-state index in [1.807, 2.05) is 37.3 Å². The van der Waals surface area contributed by atoms with Crippen LogP contribution in [0.2, 0.25) is 0 Å². The van der Waals surface area contributed by atoms with Crippen molar-refractivity contribution in [2.45, 2.75) is 26.3 Å². The van der Waals surface area contributed by atoms with Crippen molar-refractivity contribution in [3.8, 4) is 0 Å². The number of carbonyl (C=O) groups excluding carboxylic acids is 1. The van der Waals surface area contributed by atoms with E-state index in [-0.39, 0.29) is 29.6 Å². The normalized spacial score (nSPS) is 12.2. The Labute approximate surface area is 138 Å². The summed E-state index contributed by atoms with van der Waals surface area (Å²) in [5.41, 5.74) is 1.48. The van der Waals surface area contributed by atoms with E-state index >= 15 is 0 Å². The van der Waals surface area contributed by atoms with Gasteiger partial charge in [-0.3, -0.25) is 14.2 Å². The Hall–Kier alpha value is -2.96. The van der Waals surface area contributed by atoms with Gasteiger partial charge in [0.25, 0.3) is 11.3 Å². The third kappa shape index (κ3) is 3.19. The molecule has 0 radical (unpaired) electrons. The molecule has 0 aliphatic rings. The van der Waals surface area contributed by atoms with E-state index in [9.17, 15) is 9.59 Å². The molecular weight excluding hydrogens is 308 g/mol. The van der Waals surface area contributed by atoms with Crippen LogP contribution in [0.4, 0.5) is 0 Å². The zero-order valence-electron chi connectivity index (χ0n) is 13.5. The summed E-state index contributed by atoms with van der Waals surface area (Å²) in [4.78, 5) is 28.5. The van der Waals surface area contributed by atoms with Crippen LogP contribution in [-0.2, 0) is 11.3 Å². The molecule has 1 N–H and O–H groups in total. The second kappa shape index (κ2) is 6.66. The van der Waals surface area contributed by atoms with Gasteiger partial charge in [0, 0.05) is 6.54 Å². The number of fused-ring (bicyclic) bond motifs is 1. The van der Waals surface area contributed by atoms with Crippen molar-refractivity contribution in [3.63, 3.8) is 0 Å². The minimum absolute atomic E-state index is 0.0894. The maximum Gasteiger partial charge on any atom is 0.267 e. The summed E-state index contributed by atoms with van der Waals surface area (Å²) in [5.74, 6) is -0.0528. The lowest BCUT2D eigenvalue weighted by Gasteiger charge is -2.13. The fourth-order valence-electron chi connectivity index (χ4n) is 2.50. The molecule has 0 bridgehead atoms. The van der Waals surface area contributed by atoms with Crippen LogP contribution in [0.25, 0.3) is 11.1 Å². The summed E-state index contributed by atoms with van der Waals surface area (Å²) in [7, 11) is 0. The van der Waals surface area contributed by atoms with Crippen LogP contribution >= 0.6 is 0 Å². The maximum atomic E-state index is 12.3. The monoisotopic (exact) mass is 326 g/mol. The fourth-order valence-corrected chi connectivity index (χ4v) is 2.50. The zero-order chi connectivity index (χ0) is 17.1. The first kappa shape index (κ1) is 15.9. The average molecular weight is 326 g/mol. The van der Waals surface area contributed by atoms with Gasteiger partial charge in [-0.25, -0.2) is 4.98 Å². The number of benzene rings is 1. The van der Waals surface area contributed by atoms with Crippen LogP contribution in [0.5, 0.6) is 0 Å². The van der Waals surface area contributed by atoms with Gasteiger partial charge in [0.1, 0.15) is 18.3 Å². The van der Waals surface area contributed by atoms with Gasteiger partial charge in [0.05, 0.1) is 5.69 Å². The van der Waals surface area contributed by atoms with Gasteiger partial charge < -0.3 is 9.84 Å². The van der Waals surface area contributed by atoms with E-state index in [0.717, 1.165) is 5.56 Å². The molecule has 1 amide bonds. The summed E-state index contributed by atoms with van der Waals surface area (Å²) in [5, 5.41) is 6.87. The van der Waals surface area contributed by atoms with Crippen LogP contribution in [0.3, 0.4) is 0 Å². The predicted molar refractivity (Wildman–Crippen MR) is 88.7 cm³/mol. The first-order valence-corrected chi connectivity index (χ1v) is 7.69. The Morgan fingerprint density at radius 3 is 2.83 bits per heavy atom. The summed E-state index contributed by atoms with van der Waals surface area (Å²) in [6.45, 7) is 4.12. The number of aromatic nitrogens is 3. The molecule has 124 valence electrons. The molecule has 0 aliphatic heterocycles. The van der Waals surface area contributed by atoms with E-state index in [2.05, 4.69) is 15.5 Å². The van der Waals surface area contributed by atoms with Gasteiger partial charge in [0.15, 0.2) is 0 Å². The first-order chi connectivity index (χ1) is 11.6. The van der Waals surface area contributed by atoms with Gasteiger partial charge in [-0.2, -0.15) is 0 Å². The van der Waals surface area contributed by atoms with Crippen LogP contribution in [0.15, 0.2) is 46.0 Å². The van der Waals surface area contributed by atoms with Crippen molar-refractivity contribution in [1.82, 2.24) is 20.0 Å². The van der Waals surface area contributed by atoms with Crippen molar-refractivity contribution in [1.29, 1.82) is 0 Å². The van der Waals surface area contributed by atoms with Crippen molar-refractivity contribution in [3.05, 3.63) is 58.3 Å². The first-order valence-electron chi connectivity index (χ1n) is 7.69. The quantitative estimate of drug-likeness (QED) is 0.769. The second-order valence-electron chi connectivity index (χ2n) is 5.74. The Kier molecular flexibility index (Phi) is 4.41. The highest BCUT2D eigenvalue weighted by atomic mass is 16.5. The molecule has 0 saturated heterocycles. The Morgan fingerprint density at radius 1 is 1.33 bits per heavy atom. The highest BCUT2D eigenvalue weighted by Gasteiger charge is 2.14. The van der Waals surface area contributed by atoms with Crippen LogP contribution in [0.1, 0.15) is 24.1 Å². The molecule has 2 aromatic heterocycles. The molecule has 24 heavy (non-hydrogen) atoms. The van der Waals surface area contributed by atoms with Crippen molar-refractivity contribution >= 4 is 17.0 Å². The molecule has 0 aliphatic carbocycles. The van der Waals surface area contributed by atoms with Gasteiger partial charge in [-0.15, -0.1) is 0 Å². The highest BCUT2D eigenvalue weighted by Crippen LogP contribution is 2.13. The second-order valence-corrected chi connectivity index (χ2v) is 5.74. The number of aryl methyl sites for hydroxylation is 1. The smallest absolute Gasteiger partial charge is 0.267 e. The molecule has 2 heterocycles. The van der Waals surface area contributed by atoms with E-state index in [1.165, 1.54) is 10.9 Å². The number of rotatable bonds is 5. The molecule has 7 heteroatoms. The number of amides is 1. The van der Waals surface area contributed by atoms with Crippen molar-refractivity contribution in [2.24, 2.45) is 0 Å². The highest BCUT2D eigenvalue weighted by molar-refractivity contribution is 5.77. The molecule has 3 aromatic rings. The molecule has 0 saturated carbocycles. The number of carbonyl (C=O) groups is 1. The average Bonchev–Trinajstić information content (AvgIpc) is 2.98. The van der Waals surface area contributed by atoms with Gasteiger partial charge in [-0.1, -0.05) is 42.4 Å². The number of hydrogen-bond donors (Lipinski definition) is 1. The number of nitrogens with one attached hydrogen (secondary N) is 1. The largest absolute Gasteiger partial charge is 0.354 e. The van der Waals surface area contributed by atoms with E-state index in [4.69, 9.17) is 4.52 Å². The van der Waals surface area contributed by atoms with Crippen molar-refractivity contribution < 1.29 is 9.32 Å². The maximum absolute atomic E-state index is 12.3. The Bertz CT molecular complexity index is 914.